The third kappa shape index (κ3) is 6.19. The summed E-state index contributed by atoms with van der Waals surface area (Å²) >= 11 is 0. The number of rotatable bonds is 5. The molecule has 0 aromatic heterocycles. The molecule has 0 bridgehead atoms. The summed E-state index contributed by atoms with van der Waals surface area (Å²) in [5.41, 5.74) is 8.62. The third-order valence-corrected chi connectivity index (χ3v) is 4.04. The number of nitrogens with two attached hydrogens (primary N) is 1. The molecule has 1 fully saturated rings. The van der Waals surface area contributed by atoms with Gasteiger partial charge in [-0.25, -0.2) is 4.79 Å². The maximum atomic E-state index is 10.7. The second-order valence-corrected chi connectivity index (χ2v) is 6.20. The topological polar surface area (TPSA) is 110 Å². The largest absolute Gasteiger partial charge is 0.493 e. The molecule has 1 aliphatic carbocycles. The van der Waals surface area contributed by atoms with Crippen molar-refractivity contribution in [1.29, 1.82) is 0 Å². The van der Waals surface area contributed by atoms with Crippen LogP contribution in [0, 0.1) is 11.8 Å². The van der Waals surface area contributed by atoms with Crippen LogP contribution in [0.1, 0.15) is 6.42 Å². The van der Waals surface area contributed by atoms with Crippen molar-refractivity contribution in [2.24, 2.45) is 11.8 Å². The first-order valence-corrected chi connectivity index (χ1v) is 8.19. The van der Waals surface area contributed by atoms with E-state index in [0.717, 1.165) is 29.0 Å². The summed E-state index contributed by atoms with van der Waals surface area (Å²) < 4.78 is 37.4. The Bertz CT molecular complexity index is 819. The fraction of sp³-hybridized carbons (Fsp3) is 0.263. The molecule has 3 rings (SSSR count). The van der Waals surface area contributed by atoms with E-state index in [2.05, 4.69) is 0 Å². The van der Waals surface area contributed by atoms with Gasteiger partial charge in [0, 0.05) is 11.6 Å². The van der Waals surface area contributed by atoms with Gasteiger partial charge >= 0.3 is 18.1 Å². The molecule has 2 aromatic carbocycles. The summed E-state index contributed by atoms with van der Waals surface area (Å²) in [5.74, 6) is -2.78. The van der Waals surface area contributed by atoms with Gasteiger partial charge in [-0.05, 0) is 41.8 Å². The highest BCUT2D eigenvalue weighted by molar-refractivity contribution is 5.73. The van der Waals surface area contributed by atoms with Crippen molar-refractivity contribution in [3.05, 3.63) is 48.5 Å². The van der Waals surface area contributed by atoms with E-state index in [1.54, 1.807) is 0 Å². The van der Waals surface area contributed by atoms with Gasteiger partial charge in [-0.2, -0.15) is 13.2 Å². The van der Waals surface area contributed by atoms with Crippen LogP contribution in [-0.2, 0) is 9.59 Å². The Morgan fingerprint density at radius 2 is 1.46 bits per heavy atom. The van der Waals surface area contributed by atoms with E-state index in [9.17, 15) is 18.0 Å². The number of aliphatic carboxylic acids is 2. The van der Waals surface area contributed by atoms with Crippen molar-refractivity contribution < 1.29 is 37.7 Å². The van der Waals surface area contributed by atoms with Crippen LogP contribution >= 0.6 is 0 Å². The van der Waals surface area contributed by atoms with E-state index in [4.69, 9.17) is 25.5 Å². The van der Waals surface area contributed by atoms with Gasteiger partial charge in [0.1, 0.15) is 5.75 Å². The molecule has 0 heterocycles. The Balaban J connectivity index is 0.000000345. The average molecular weight is 397 g/mol. The van der Waals surface area contributed by atoms with Crippen LogP contribution in [-0.4, -0.2) is 34.9 Å². The molecule has 2 atom stereocenters. The van der Waals surface area contributed by atoms with Crippen molar-refractivity contribution in [2.45, 2.75) is 12.6 Å². The molecule has 0 amide bonds. The molecule has 0 radical (unpaired) electrons. The van der Waals surface area contributed by atoms with Crippen LogP contribution < -0.4 is 10.5 Å². The number of hydrogen-bond acceptors (Lipinski definition) is 4. The SMILES string of the molecule is Nc1ccc(-c2ccc(OC[C@@H]3C[C@H]3C(=O)O)cc2)cc1.O=C(O)C(F)(F)F. The van der Waals surface area contributed by atoms with Gasteiger partial charge in [0.15, 0.2) is 0 Å². The molecule has 2 aromatic rings. The van der Waals surface area contributed by atoms with Crippen LogP contribution in [0.3, 0.4) is 0 Å². The van der Waals surface area contributed by atoms with E-state index in [1.165, 1.54) is 0 Å². The lowest BCUT2D eigenvalue weighted by molar-refractivity contribution is -0.192. The fourth-order valence-corrected chi connectivity index (χ4v) is 2.36. The summed E-state index contributed by atoms with van der Waals surface area (Å²) in [7, 11) is 0. The first-order valence-electron chi connectivity index (χ1n) is 8.19. The van der Waals surface area contributed by atoms with Gasteiger partial charge in [-0.3, -0.25) is 4.79 Å². The molecule has 0 unspecified atom stereocenters. The van der Waals surface area contributed by atoms with Gasteiger partial charge < -0.3 is 20.7 Å². The highest BCUT2D eigenvalue weighted by atomic mass is 19.4. The van der Waals surface area contributed by atoms with E-state index in [-0.39, 0.29) is 11.8 Å². The number of benzene rings is 2. The second-order valence-electron chi connectivity index (χ2n) is 6.20. The summed E-state index contributed by atoms with van der Waals surface area (Å²) in [5, 5.41) is 16.0. The summed E-state index contributed by atoms with van der Waals surface area (Å²) in [6.45, 7) is 0.470. The van der Waals surface area contributed by atoms with Gasteiger partial charge in [0.2, 0.25) is 0 Å². The van der Waals surface area contributed by atoms with Gasteiger partial charge in [0.25, 0.3) is 0 Å². The summed E-state index contributed by atoms with van der Waals surface area (Å²) in [6.07, 6.45) is -4.36. The first kappa shape index (κ1) is 21.1. The standard InChI is InChI=1S/C17H17NO3.C2HF3O2/c18-14-5-1-11(2-6-14)12-3-7-15(8-4-12)21-10-13-9-16(13)17(19)20;3-2(4,5)1(6)7/h1-8,13,16H,9-10,18H2,(H,19,20);(H,6,7)/t13-,16+;/m0./s1. The van der Waals surface area contributed by atoms with Crippen LogP contribution in [0.15, 0.2) is 48.5 Å². The minimum Gasteiger partial charge on any atom is -0.493 e. The Hall–Kier alpha value is -3.23. The van der Waals surface area contributed by atoms with Crippen LogP contribution in [0.4, 0.5) is 18.9 Å². The fourth-order valence-electron chi connectivity index (χ4n) is 2.36. The van der Waals surface area contributed by atoms with Crippen molar-refractivity contribution in [2.75, 3.05) is 12.3 Å². The molecule has 0 spiro atoms. The second kappa shape index (κ2) is 8.64. The zero-order chi connectivity index (χ0) is 20.9. The third-order valence-electron chi connectivity index (χ3n) is 4.04. The van der Waals surface area contributed by atoms with Crippen LogP contribution in [0.2, 0.25) is 0 Å². The number of halogens is 3. The Labute approximate surface area is 158 Å². The number of carboxylic acid groups (broad SMARTS) is 2. The summed E-state index contributed by atoms with van der Waals surface area (Å²) in [4.78, 5) is 19.6. The Kier molecular flexibility index (Phi) is 6.50. The van der Waals surface area contributed by atoms with E-state index >= 15 is 0 Å². The lowest BCUT2D eigenvalue weighted by Gasteiger charge is -2.07. The smallest absolute Gasteiger partial charge is 0.490 e. The number of anilines is 1. The Morgan fingerprint density at radius 1 is 1.00 bits per heavy atom. The van der Waals surface area contributed by atoms with Crippen molar-refractivity contribution in [3.63, 3.8) is 0 Å². The molecular weight excluding hydrogens is 379 g/mol. The molecule has 4 N–H and O–H groups in total. The highest BCUT2D eigenvalue weighted by Gasteiger charge is 2.43. The molecular formula is C19H18F3NO5. The van der Waals surface area contributed by atoms with Crippen molar-refractivity contribution in [3.8, 4) is 16.9 Å². The van der Waals surface area contributed by atoms with Crippen LogP contribution in [0.25, 0.3) is 11.1 Å². The lowest BCUT2D eigenvalue weighted by atomic mass is 10.1. The zero-order valence-electron chi connectivity index (χ0n) is 14.5. The molecule has 9 heteroatoms. The van der Waals surface area contributed by atoms with Crippen molar-refractivity contribution in [1.82, 2.24) is 0 Å². The molecule has 1 aliphatic rings. The summed E-state index contributed by atoms with van der Waals surface area (Å²) in [6, 6.07) is 15.5. The number of alkyl halides is 3. The van der Waals surface area contributed by atoms with Crippen LogP contribution in [0.5, 0.6) is 5.75 Å². The molecule has 1 saturated carbocycles. The number of hydrogen-bond donors (Lipinski definition) is 3. The monoisotopic (exact) mass is 397 g/mol. The number of carbonyl (C=O) groups is 2. The quantitative estimate of drug-likeness (QED) is 0.664. The molecule has 28 heavy (non-hydrogen) atoms. The zero-order valence-corrected chi connectivity index (χ0v) is 14.5. The minimum atomic E-state index is -5.08. The highest BCUT2D eigenvalue weighted by Crippen LogP contribution is 2.39. The number of carboxylic acids is 2. The average Bonchev–Trinajstić information content (AvgIpc) is 3.41. The normalized spacial score (nSPS) is 17.8. The first-order chi connectivity index (χ1) is 13.1. The van der Waals surface area contributed by atoms with Crippen molar-refractivity contribution >= 4 is 17.6 Å². The molecule has 150 valence electrons. The number of nitrogen functional groups attached to an aromatic ring is 1. The molecule has 0 aliphatic heterocycles. The van der Waals surface area contributed by atoms with Gasteiger partial charge in [0.05, 0.1) is 12.5 Å². The van der Waals surface area contributed by atoms with E-state index in [0.29, 0.717) is 6.61 Å². The van der Waals surface area contributed by atoms with E-state index < -0.39 is 18.1 Å². The van der Waals surface area contributed by atoms with Gasteiger partial charge in [-0.1, -0.05) is 24.3 Å². The number of ether oxygens (including phenoxy) is 1. The van der Waals surface area contributed by atoms with E-state index in [1.807, 2.05) is 48.5 Å². The Morgan fingerprint density at radius 3 is 1.86 bits per heavy atom. The predicted molar refractivity (Wildman–Crippen MR) is 94.7 cm³/mol. The minimum absolute atomic E-state index is 0.152. The molecule has 6 nitrogen and oxygen atoms in total. The van der Waals surface area contributed by atoms with Gasteiger partial charge in [-0.15, -0.1) is 0 Å². The maximum Gasteiger partial charge on any atom is 0.490 e. The lowest BCUT2D eigenvalue weighted by Crippen LogP contribution is -2.21. The predicted octanol–water partition coefficient (Wildman–Crippen LogP) is 3.67. The molecule has 0 saturated heterocycles. The maximum absolute atomic E-state index is 10.7.